The summed E-state index contributed by atoms with van der Waals surface area (Å²) in [5, 5.41) is 0. The molecule has 3 rings (SSSR count). The van der Waals surface area contributed by atoms with Gasteiger partial charge in [0.2, 0.25) is 0 Å². The minimum Gasteiger partial charge on any atom is -0.465 e. The van der Waals surface area contributed by atoms with Crippen LogP contribution in [0.15, 0.2) is 30.8 Å². The summed E-state index contributed by atoms with van der Waals surface area (Å²) >= 11 is 0. The Labute approximate surface area is 149 Å². The van der Waals surface area contributed by atoms with Crippen LogP contribution in [0, 0.1) is 5.41 Å². The Balaban J connectivity index is 2.31. The minimum atomic E-state index is -1.44. The van der Waals surface area contributed by atoms with Gasteiger partial charge in [-0.15, -0.1) is 0 Å². The van der Waals surface area contributed by atoms with Gasteiger partial charge in [-0.1, -0.05) is 50.1 Å². The van der Waals surface area contributed by atoms with E-state index in [0.717, 1.165) is 43.2 Å². The summed E-state index contributed by atoms with van der Waals surface area (Å²) in [6.07, 6.45) is 4.53. The molecule has 1 aromatic rings. The highest BCUT2D eigenvalue weighted by Crippen LogP contribution is 2.65. The molecule has 0 heterocycles. The first-order valence-corrected chi connectivity index (χ1v) is 9.20. The first-order chi connectivity index (χ1) is 12.1. The van der Waals surface area contributed by atoms with Crippen LogP contribution in [-0.2, 0) is 24.5 Å². The van der Waals surface area contributed by atoms with E-state index in [1.807, 2.05) is 24.3 Å². The molecule has 0 aliphatic heterocycles. The van der Waals surface area contributed by atoms with Crippen molar-refractivity contribution < 1.29 is 19.1 Å². The number of hydrogen-bond donors (Lipinski definition) is 0. The van der Waals surface area contributed by atoms with Crippen molar-refractivity contribution in [2.45, 2.75) is 51.4 Å². The minimum absolute atomic E-state index is 0.227. The standard InChI is InChI=1S/C21H26O4/c1-4-24-18(22)21(19(23)25-5-2)17-12-8-7-11-16(17)15(3)20(21)13-9-6-10-14-20/h7-8,11-12H,3-6,9-10,13-14H2,1-2H3. The molecule has 134 valence electrons. The van der Waals surface area contributed by atoms with Crippen molar-refractivity contribution >= 4 is 17.5 Å². The zero-order chi connectivity index (χ0) is 18.1. The fraction of sp³-hybridized carbons (Fsp3) is 0.524. The molecule has 0 aromatic heterocycles. The van der Waals surface area contributed by atoms with Gasteiger partial charge in [-0.25, -0.2) is 0 Å². The summed E-state index contributed by atoms with van der Waals surface area (Å²) in [5.74, 6) is -0.997. The molecule has 1 saturated carbocycles. The Morgan fingerprint density at radius 2 is 1.56 bits per heavy atom. The summed E-state index contributed by atoms with van der Waals surface area (Å²) in [4.78, 5) is 26.6. The zero-order valence-electron chi connectivity index (χ0n) is 15.1. The molecule has 25 heavy (non-hydrogen) atoms. The molecule has 1 fully saturated rings. The maximum atomic E-state index is 13.3. The summed E-state index contributed by atoms with van der Waals surface area (Å²) in [6.45, 7) is 8.32. The van der Waals surface area contributed by atoms with Crippen LogP contribution in [0.25, 0.3) is 5.57 Å². The van der Waals surface area contributed by atoms with Crippen LogP contribution in [0.4, 0.5) is 0 Å². The Morgan fingerprint density at radius 1 is 1.00 bits per heavy atom. The number of fused-ring (bicyclic) bond motifs is 1. The Bertz CT molecular complexity index is 680. The van der Waals surface area contributed by atoms with Gasteiger partial charge in [0, 0.05) is 5.41 Å². The molecule has 1 aromatic carbocycles. The van der Waals surface area contributed by atoms with Gasteiger partial charge in [0.1, 0.15) is 0 Å². The van der Waals surface area contributed by atoms with Crippen LogP contribution in [0.3, 0.4) is 0 Å². The van der Waals surface area contributed by atoms with Gasteiger partial charge in [0.15, 0.2) is 5.41 Å². The molecule has 0 unspecified atom stereocenters. The van der Waals surface area contributed by atoms with Gasteiger partial charge in [0.05, 0.1) is 13.2 Å². The van der Waals surface area contributed by atoms with Crippen LogP contribution >= 0.6 is 0 Å². The molecule has 0 radical (unpaired) electrons. The lowest BCUT2D eigenvalue weighted by atomic mass is 9.56. The van der Waals surface area contributed by atoms with Crippen LogP contribution in [0.2, 0.25) is 0 Å². The molecular weight excluding hydrogens is 316 g/mol. The average Bonchev–Trinajstić information content (AvgIpc) is 2.83. The van der Waals surface area contributed by atoms with Gasteiger partial charge >= 0.3 is 11.9 Å². The lowest BCUT2D eigenvalue weighted by molar-refractivity contribution is -0.171. The predicted octanol–water partition coefficient (Wildman–Crippen LogP) is 4.03. The second kappa shape index (κ2) is 6.66. The van der Waals surface area contributed by atoms with Gasteiger partial charge < -0.3 is 9.47 Å². The molecule has 4 nitrogen and oxygen atoms in total. The smallest absolute Gasteiger partial charge is 0.329 e. The second-order valence-electron chi connectivity index (χ2n) is 6.86. The van der Waals surface area contributed by atoms with Crippen molar-refractivity contribution in [3.05, 3.63) is 42.0 Å². The molecule has 0 saturated heterocycles. The Hall–Kier alpha value is -2.10. The van der Waals surface area contributed by atoms with Crippen molar-refractivity contribution in [1.82, 2.24) is 0 Å². The lowest BCUT2D eigenvalue weighted by Gasteiger charge is -2.45. The Kier molecular flexibility index (Phi) is 4.72. The fourth-order valence-electron chi connectivity index (χ4n) is 4.82. The molecule has 4 heteroatoms. The second-order valence-corrected chi connectivity index (χ2v) is 6.86. The highest BCUT2D eigenvalue weighted by Gasteiger charge is 2.70. The average molecular weight is 342 g/mol. The summed E-state index contributed by atoms with van der Waals surface area (Å²) in [7, 11) is 0. The molecule has 2 aliphatic carbocycles. The van der Waals surface area contributed by atoms with E-state index in [4.69, 9.17) is 9.47 Å². The first-order valence-electron chi connectivity index (χ1n) is 9.20. The third kappa shape index (κ3) is 2.26. The van der Waals surface area contributed by atoms with E-state index in [-0.39, 0.29) is 13.2 Å². The van der Waals surface area contributed by atoms with E-state index >= 15 is 0 Å². The first kappa shape index (κ1) is 17.7. The normalized spacial score (nSPS) is 20.2. The molecular formula is C21H26O4. The molecule has 0 atom stereocenters. The number of carbonyl (C=O) groups is 2. The number of hydrogen-bond acceptors (Lipinski definition) is 4. The quantitative estimate of drug-likeness (QED) is 0.612. The molecule has 0 bridgehead atoms. The fourth-order valence-corrected chi connectivity index (χ4v) is 4.82. The van der Waals surface area contributed by atoms with Crippen LogP contribution in [0.1, 0.15) is 57.1 Å². The van der Waals surface area contributed by atoms with Gasteiger partial charge in [-0.3, -0.25) is 9.59 Å². The number of benzene rings is 1. The number of rotatable bonds is 4. The topological polar surface area (TPSA) is 52.6 Å². The lowest BCUT2D eigenvalue weighted by Crippen LogP contribution is -2.56. The van der Waals surface area contributed by atoms with Gasteiger partial charge in [-0.05, 0) is 43.4 Å². The van der Waals surface area contributed by atoms with Crippen LogP contribution in [0.5, 0.6) is 0 Å². The van der Waals surface area contributed by atoms with Gasteiger partial charge in [0.25, 0.3) is 0 Å². The summed E-state index contributed by atoms with van der Waals surface area (Å²) in [5.41, 5.74) is 0.383. The maximum absolute atomic E-state index is 13.3. The SMILES string of the molecule is C=C1c2ccccc2C(C(=O)OCC)(C(=O)OCC)C12CCCCC2. The Morgan fingerprint density at radius 3 is 2.12 bits per heavy atom. The van der Waals surface area contributed by atoms with E-state index in [2.05, 4.69) is 6.58 Å². The van der Waals surface area contributed by atoms with E-state index < -0.39 is 22.8 Å². The van der Waals surface area contributed by atoms with Crippen molar-refractivity contribution in [3.8, 4) is 0 Å². The van der Waals surface area contributed by atoms with E-state index in [1.54, 1.807) is 13.8 Å². The molecule has 0 amide bonds. The maximum Gasteiger partial charge on any atom is 0.329 e. The highest BCUT2D eigenvalue weighted by atomic mass is 16.6. The van der Waals surface area contributed by atoms with Crippen molar-refractivity contribution in [3.63, 3.8) is 0 Å². The van der Waals surface area contributed by atoms with Gasteiger partial charge in [-0.2, -0.15) is 0 Å². The predicted molar refractivity (Wildman–Crippen MR) is 95.9 cm³/mol. The summed E-state index contributed by atoms with van der Waals surface area (Å²) < 4.78 is 10.9. The third-order valence-corrected chi connectivity index (χ3v) is 5.82. The number of esters is 2. The molecule has 2 aliphatic rings. The monoisotopic (exact) mass is 342 g/mol. The number of ether oxygens (including phenoxy) is 2. The zero-order valence-corrected chi connectivity index (χ0v) is 15.1. The van der Waals surface area contributed by atoms with Crippen LogP contribution in [-0.4, -0.2) is 25.2 Å². The molecule has 1 spiro atoms. The third-order valence-electron chi connectivity index (χ3n) is 5.82. The van der Waals surface area contributed by atoms with E-state index in [9.17, 15) is 9.59 Å². The molecule has 0 N–H and O–H groups in total. The highest BCUT2D eigenvalue weighted by molar-refractivity contribution is 6.13. The van der Waals surface area contributed by atoms with Crippen LogP contribution < -0.4 is 0 Å². The van der Waals surface area contributed by atoms with E-state index in [1.165, 1.54) is 0 Å². The number of carbonyl (C=O) groups excluding carboxylic acids is 2. The largest absolute Gasteiger partial charge is 0.465 e. The number of allylic oxidation sites excluding steroid dienone is 1. The van der Waals surface area contributed by atoms with Crippen molar-refractivity contribution in [1.29, 1.82) is 0 Å². The van der Waals surface area contributed by atoms with Crippen molar-refractivity contribution in [2.75, 3.05) is 13.2 Å². The van der Waals surface area contributed by atoms with E-state index in [0.29, 0.717) is 5.56 Å². The summed E-state index contributed by atoms with van der Waals surface area (Å²) in [6, 6.07) is 7.60. The van der Waals surface area contributed by atoms with Crippen molar-refractivity contribution in [2.24, 2.45) is 5.41 Å².